The van der Waals surface area contributed by atoms with Crippen LogP contribution in [0.15, 0.2) is 24.3 Å². The van der Waals surface area contributed by atoms with Crippen LogP contribution in [0.5, 0.6) is 0 Å². The summed E-state index contributed by atoms with van der Waals surface area (Å²) in [7, 11) is 6.04. The van der Waals surface area contributed by atoms with E-state index in [2.05, 4.69) is 9.16 Å². The zero-order chi connectivity index (χ0) is 17.3. The van der Waals surface area contributed by atoms with Gasteiger partial charge in [0.2, 0.25) is 0 Å². The highest BCUT2D eigenvalue weighted by atomic mass is 28.2. The lowest BCUT2D eigenvalue weighted by Gasteiger charge is -2.21. The van der Waals surface area contributed by atoms with Gasteiger partial charge in [0.15, 0.2) is 10.5 Å². The van der Waals surface area contributed by atoms with E-state index in [1.165, 1.54) is 25.1 Å². The Labute approximate surface area is 132 Å². The normalized spacial score (nSPS) is 13.0. The quantitative estimate of drug-likeness (QED) is 0.490. The highest BCUT2D eigenvalue weighted by Crippen LogP contribution is 2.20. The highest BCUT2D eigenvalue weighted by Gasteiger charge is 2.32. The second-order valence-electron chi connectivity index (χ2n) is 4.69. The van der Waals surface area contributed by atoms with Gasteiger partial charge in [-0.25, -0.2) is 9.59 Å². The molecule has 1 aromatic carbocycles. The molecule has 22 heavy (non-hydrogen) atoms. The summed E-state index contributed by atoms with van der Waals surface area (Å²) in [5.74, 6) is -2.17. The van der Waals surface area contributed by atoms with Crippen LogP contribution in [0.2, 0.25) is 0 Å². The summed E-state index contributed by atoms with van der Waals surface area (Å²) >= 11 is 0. The molecule has 0 heterocycles. The summed E-state index contributed by atoms with van der Waals surface area (Å²) in [5.41, 5.74) is -0.140. The molecule has 0 fully saturated rings. The first-order valence-electron chi connectivity index (χ1n) is 6.37. The standard InChI is InChI=1S/C11H12FO5Si.C3H9N/c1-2-11(12,17-18)16-10(15)8-5-3-4-7(6-8)9(13)14;1-4(2)3/h2-6H,1,18H3,(H,13,14);1-3H3. The van der Waals surface area contributed by atoms with E-state index in [4.69, 9.17) is 5.11 Å². The fraction of sp³-hybridized carbons (Fsp3) is 0.357. The van der Waals surface area contributed by atoms with Gasteiger partial charge in [-0.2, -0.15) is 4.39 Å². The van der Waals surface area contributed by atoms with Crippen molar-refractivity contribution >= 4 is 22.4 Å². The fourth-order valence-corrected chi connectivity index (χ4v) is 1.50. The van der Waals surface area contributed by atoms with Crippen LogP contribution in [0.4, 0.5) is 4.39 Å². The molecule has 0 saturated heterocycles. The Kier molecular flexibility index (Phi) is 8.54. The van der Waals surface area contributed by atoms with Gasteiger partial charge < -0.3 is 19.2 Å². The Balaban J connectivity index is 0.000000980. The van der Waals surface area contributed by atoms with Crippen molar-refractivity contribution in [1.82, 2.24) is 4.90 Å². The zero-order valence-electron chi connectivity index (χ0n) is 13.3. The van der Waals surface area contributed by atoms with Crippen molar-refractivity contribution < 1.29 is 28.2 Å². The number of halogens is 1. The summed E-state index contributed by atoms with van der Waals surface area (Å²) in [5, 5.41) is 8.76. The number of nitrogens with zero attached hydrogens (tertiary/aromatic N) is 1. The van der Waals surface area contributed by atoms with E-state index in [9.17, 15) is 14.0 Å². The molecule has 0 spiro atoms. The van der Waals surface area contributed by atoms with Crippen molar-refractivity contribution in [1.29, 1.82) is 0 Å². The first kappa shape index (κ1) is 20.2. The predicted molar refractivity (Wildman–Crippen MR) is 83.3 cm³/mol. The van der Waals surface area contributed by atoms with Gasteiger partial charge >= 0.3 is 18.0 Å². The van der Waals surface area contributed by atoms with Gasteiger partial charge in [-0.3, -0.25) is 0 Å². The van der Waals surface area contributed by atoms with Crippen molar-refractivity contribution in [3.63, 3.8) is 0 Å². The summed E-state index contributed by atoms with van der Waals surface area (Å²) in [6.07, 6.45) is 0.957. The third-order valence-electron chi connectivity index (χ3n) is 2.20. The van der Waals surface area contributed by atoms with Crippen molar-refractivity contribution in [3.05, 3.63) is 41.8 Å². The Bertz CT molecular complexity index is 503. The number of alkyl halides is 1. The molecule has 6 nitrogen and oxygen atoms in total. The summed E-state index contributed by atoms with van der Waals surface area (Å²) in [6, 6.07) is 2.56. The maximum atomic E-state index is 13.6. The van der Waals surface area contributed by atoms with Crippen LogP contribution in [-0.2, 0) is 9.16 Å². The molecule has 0 bridgehead atoms. The van der Waals surface area contributed by atoms with Crippen LogP contribution in [-0.4, -0.2) is 59.6 Å². The van der Waals surface area contributed by atoms with Crippen LogP contribution < -0.4 is 0 Å². The van der Waals surface area contributed by atoms with Crippen LogP contribution in [0, 0.1) is 6.42 Å². The molecular formula is C14H21FNO5Si. The topological polar surface area (TPSA) is 76.1 Å². The molecule has 1 atom stereocenters. The lowest BCUT2D eigenvalue weighted by molar-refractivity contribution is -0.208. The number of carboxylic acids is 1. The maximum absolute atomic E-state index is 13.6. The Morgan fingerprint density at radius 3 is 2.23 bits per heavy atom. The second-order valence-corrected chi connectivity index (χ2v) is 5.10. The van der Waals surface area contributed by atoms with Crippen LogP contribution in [0.25, 0.3) is 0 Å². The smallest absolute Gasteiger partial charge is 0.358 e. The zero-order valence-corrected chi connectivity index (χ0v) is 15.3. The molecule has 0 amide bonds. The maximum Gasteiger partial charge on any atom is 0.358 e. The molecule has 8 heteroatoms. The third kappa shape index (κ3) is 7.30. The first-order valence-corrected chi connectivity index (χ1v) is 7.19. The average molecular weight is 330 g/mol. The van der Waals surface area contributed by atoms with Gasteiger partial charge in [0, 0.05) is 0 Å². The van der Waals surface area contributed by atoms with Crippen LogP contribution >= 0.6 is 0 Å². The first-order chi connectivity index (χ1) is 10.1. The van der Waals surface area contributed by atoms with Crippen molar-refractivity contribution in [2.45, 2.75) is 13.0 Å². The number of rotatable bonds is 5. The van der Waals surface area contributed by atoms with Gasteiger partial charge in [-0.15, -0.1) is 0 Å². The monoisotopic (exact) mass is 330 g/mol. The molecule has 1 unspecified atom stereocenters. The molecule has 1 rings (SSSR count). The molecule has 1 aromatic rings. The number of ether oxygens (including phenoxy) is 1. The van der Waals surface area contributed by atoms with E-state index in [1.807, 2.05) is 26.0 Å². The van der Waals surface area contributed by atoms with Gasteiger partial charge in [-0.05, 0) is 39.3 Å². The summed E-state index contributed by atoms with van der Waals surface area (Å²) in [6.45, 7) is 1.35. The molecule has 0 aromatic heterocycles. The number of hydrogen-bond donors (Lipinski definition) is 1. The number of carbonyl (C=O) groups is 2. The van der Waals surface area contributed by atoms with Gasteiger partial charge in [0.05, 0.1) is 17.5 Å². The number of carbonyl (C=O) groups excluding carboxylic acids is 1. The molecule has 0 saturated carbocycles. The second kappa shape index (κ2) is 9.29. The number of aromatic carboxylic acids is 1. The van der Waals surface area contributed by atoms with Crippen molar-refractivity contribution in [3.8, 4) is 0 Å². The van der Waals surface area contributed by atoms with Crippen molar-refractivity contribution in [2.75, 3.05) is 21.1 Å². The number of benzene rings is 1. The van der Waals surface area contributed by atoms with Crippen molar-refractivity contribution in [2.24, 2.45) is 0 Å². The molecule has 1 radical (unpaired) electrons. The Morgan fingerprint density at radius 1 is 1.32 bits per heavy atom. The SMILES string of the molecule is CN(C)C.C[CH]C(F)(O[SiH3])OC(=O)c1cccc(C(=O)O)c1. The molecule has 0 aliphatic carbocycles. The molecule has 1 N–H and O–H groups in total. The molecule has 0 aliphatic heterocycles. The minimum Gasteiger partial charge on any atom is -0.478 e. The van der Waals surface area contributed by atoms with E-state index >= 15 is 0 Å². The lowest BCUT2D eigenvalue weighted by atomic mass is 10.1. The van der Waals surface area contributed by atoms with E-state index in [-0.39, 0.29) is 21.6 Å². The molecular weight excluding hydrogens is 309 g/mol. The molecule has 123 valence electrons. The number of esters is 1. The van der Waals surface area contributed by atoms with Gasteiger partial charge in [-0.1, -0.05) is 13.0 Å². The van der Waals surface area contributed by atoms with E-state index in [0.29, 0.717) is 0 Å². The van der Waals surface area contributed by atoms with Gasteiger partial charge in [0.1, 0.15) is 0 Å². The van der Waals surface area contributed by atoms with E-state index in [1.54, 1.807) is 0 Å². The lowest BCUT2D eigenvalue weighted by Crippen LogP contribution is -2.32. The number of carboxylic acid groups (broad SMARTS) is 1. The minimum atomic E-state index is -2.57. The summed E-state index contributed by atoms with van der Waals surface area (Å²) in [4.78, 5) is 24.3. The minimum absolute atomic E-state index is 0.0421. The highest BCUT2D eigenvalue weighted by molar-refractivity contribution is 5.98. The predicted octanol–water partition coefficient (Wildman–Crippen LogP) is 0.864. The largest absolute Gasteiger partial charge is 0.478 e. The fourth-order valence-electron chi connectivity index (χ4n) is 1.18. The van der Waals surface area contributed by atoms with E-state index < -0.39 is 18.0 Å². The van der Waals surface area contributed by atoms with Crippen LogP contribution in [0.3, 0.4) is 0 Å². The Hall–Kier alpha value is -1.77. The van der Waals surface area contributed by atoms with E-state index in [0.717, 1.165) is 12.5 Å². The Morgan fingerprint density at radius 2 is 1.82 bits per heavy atom. The van der Waals surface area contributed by atoms with Crippen LogP contribution in [0.1, 0.15) is 27.6 Å². The average Bonchev–Trinajstić information content (AvgIpc) is 2.46. The third-order valence-corrected chi connectivity index (χ3v) is 2.76. The molecule has 0 aliphatic rings. The van der Waals surface area contributed by atoms with Gasteiger partial charge in [0.25, 0.3) is 0 Å². The summed E-state index contributed by atoms with van der Waals surface area (Å²) < 4.78 is 22.7. The number of hydrogen-bond acceptors (Lipinski definition) is 5.